The Balaban J connectivity index is 2.90. The third-order valence-electron chi connectivity index (χ3n) is 2.35. The van der Waals surface area contributed by atoms with Crippen molar-refractivity contribution in [1.29, 1.82) is 5.26 Å². The largest absolute Gasteiger partial charge is 0.465 e. The Kier molecular flexibility index (Phi) is 5.03. The minimum atomic E-state index is -3.75. The van der Waals surface area contributed by atoms with Crippen LogP contribution in [0.3, 0.4) is 0 Å². The summed E-state index contributed by atoms with van der Waals surface area (Å²) < 4.78 is 29.8. The lowest BCUT2D eigenvalue weighted by Gasteiger charge is -2.16. The molecule has 0 aliphatic heterocycles. The van der Waals surface area contributed by atoms with Crippen molar-refractivity contribution in [3.05, 3.63) is 29.8 Å². The summed E-state index contributed by atoms with van der Waals surface area (Å²) in [6.45, 7) is 1.49. The van der Waals surface area contributed by atoms with E-state index in [1.54, 1.807) is 6.92 Å². The van der Waals surface area contributed by atoms with Crippen LogP contribution in [-0.2, 0) is 19.6 Å². The summed E-state index contributed by atoms with van der Waals surface area (Å²) in [5.74, 6) is -0.609. The first-order valence-corrected chi connectivity index (χ1v) is 6.98. The summed E-state index contributed by atoms with van der Waals surface area (Å²) in [6.07, 6.45) is 0. The summed E-state index contributed by atoms with van der Waals surface area (Å²) in [4.78, 5) is 11.3. The molecule has 0 aliphatic carbocycles. The maximum atomic E-state index is 12.1. The van der Waals surface area contributed by atoms with Crippen molar-refractivity contribution < 1.29 is 17.9 Å². The molecule has 1 rings (SSSR count). The average Bonchev–Trinajstić information content (AvgIpc) is 2.39. The van der Waals surface area contributed by atoms with E-state index in [0.717, 1.165) is 4.31 Å². The van der Waals surface area contributed by atoms with E-state index in [0.29, 0.717) is 5.56 Å². The fraction of sp³-hybridized carbons (Fsp3) is 0.333. The van der Waals surface area contributed by atoms with Gasteiger partial charge in [-0.1, -0.05) is 0 Å². The lowest BCUT2D eigenvalue weighted by Crippen LogP contribution is -2.33. The van der Waals surface area contributed by atoms with Crippen molar-refractivity contribution in [2.24, 2.45) is 0 Å². The van der Waals surface area contributed by atoms with Gasteiger partial charge in [0.05, 0.1) is 23.1 Å². The first-order valence-electron chi connectivity index (χ1n) is 5.54. The summed E-state index contributed by atoms with van der Waals surface area (Å²) in [5.41, 5.74) is 0.368. The van der Waals surface area contributed by atoms with E-state index in [-0.39, 0.29) is 18.0 Å². The quantitative estimate of drug-likeness (QED) is 0.743. The molecule has 1 aromatic carbocycles. The van der Waals surface area contributed by atoms with Gasteiger partial charge in [-0.05, 0) is 31.2 Å². The highest BCUT2D eigenvalue weighted by Crippen LogP contribution is 2.14. The predicted molar refractivity (Wildman–Crippen MR) is 67.6 cm³/mol. The molecule has 0 unspecified atom stereocenters. The lowest BCUT2D eigenvalue weighted by atomic mass is 10.2. The molecular weight excluding hydrogens is 268 g/mol. The number of carbonyl (C=O) groups excluding carboxylic acids is 1. The molecule has 0 amide bonds. The average molecular weight is 282 g/mol. The van der Waals surface area contributed by atoms with E-state index < -0.39 is 16.0 Å². The molecule has 0 radical (unpaired) electrons. The minimum Gasteiger partial charge on any atom is -0.465 e. The van der Waals surface area contributed by atoms with Crippen LogP contribution in [0.2, 0.25) is 0 Å². The number of nitrogens with zero attached hydrogens (tertiary/aromatic N) is 2. The van der Waals surface area contributed by atoms with Crippen molar-refractivity contribution in [3.63, 3.8) is 0 Å². The van der Waals surface area contributed by atoms with Gasteiger partial charge in [-0.25, -0.2) is 8.42 Å². The molecule has 0 saturated carbocycles. The minimum absolute atomic E-state index is 0.0262. The molecule has 6 nitrogen and oxygen atoms in total. The summed E-state index contributed by atoms with van der Waals surface area (Å²) in [5, 5.41) is 8.65. The topological polar surface area (TPSA) is 87.5 Å². The van der Waals surface area contributed by atoms with E-state index in [2.05, 4.69) is 0 Å². The van der Waals surface area contributed by atoms with E-state index in [4.69, 9.17) is 10.00 Å². The standard InChI is InChI=1S/C12H14N2O4S/c1-3-18-12(15)9-14(2)19(16,17)11-6-4-10(8-13)5-7-11/h4-7H,3,9H2,1-2H3. The Morgan fingerprint density at radius 1 is 1.37 bits per heavy atom. The highest BCUT2D eigenvalue weighted by Gasteiger charge is 2.23. The molecule has 19 heavy (non-hydrogen) atoms. The number of likely N-dealkylation sites (N-methyl/N-ethyl adjacent to an activating group) is 1. The zero-order chi connectivity index (χ0) is 14.5. The number of carbonyl (C=O) groups is 1. The molecule has 0 aliphatic rings. The Labute approximate surface area is 112 Å². The maximum absolute atomic E-state index is 12.1. The van der Waals surface area contributed by atoms with Gasteiger partial charge in [0.1, 0.15) is 6.54 Å². The number of ether oxygens (including phenoxy) is 1. The number of nitriles is 1. The number of hydrogen-bond acceptors (Lipinski definition) is 5. The summed E-state index contributed by atoms with van der Waals surface area (Å²) in [6, 6.07) is 7.37. The molecule has 0 fully saturated rings. The molecule has 0 N–H and O–H groups in total. The van der Waals surface area contributed by atoms with Crippen LogP contribution in [0.1, 0.15) is 12.5 Å². The van der Waals surface area contributed by atoms with Gasteiger partial charge < -0.3 is 4.74 Å². The van der Waals surface area contributed by atoms with Gasteiger partial charge in [0.2, 0.25) is 10.0 Å². The van der Waals surface area contributed by atoms with Crippen LogP contribution in [0, 0.1) is 11.3 Å². The second kappa shape index (κ2) is 6.31. The van der Waals surface area contributed by atoms with Crippen LogP contribution < -0.4 is 0 Å². The van der Waals surface area contributed by atoms with Crippen molar-refractivity contribution in [2.75, 3.05) is 20.2 Å². The molecule has 102 valence electrons. The van der Waals surface area contributed by atoms with Crippen LogP contribution in [-0.4, -0.2) is 38.9 Å². The fourth-order valence-corrected chi connectivity index (χ4v) is 2.47. The van der Waals surface area contributed by atoms with Gasteiger partial charge in [0, 0.05) is 7.05 Å². The molecule has 0 aromatic heterocycles. The summed E-state index contributed by atoms with van der Waals surface area (Å²) >= 11 is 0. The second-order valence-corrected chi connectivity index (χ2v) is 5.75. The first-order chi connectivity index (χ1) is 8.91. The van der Waals surface area contributed by atoms with Crippen LogP contribution in [0.4, 0.5) is 0 Å². The van der Waals surface area contributed by atoms with Crippen LogP contribution in [0.25, 0.3) is 0 Å². The second-order valence-electron chi connectivity index (χ2n) is 3.70. The van der Waals surface area contributed by atoms with Gasteiger partial charge in [-0.3, -0.25) is 4.79 Å². The Morgan fingerprint density at radius 2 is 1.95 bits per heavy atom. The fourth-order valence-electron chi connectivity index (χ4n) is 1.35. The zero-order valence-electron chi connectivity index (χ0n) is 10.7. The van der Waals surface area contributed by atoms with Crippen LogP contribution >= 0.6 is 0 Å². The van der Waals surface area contributed by atoms with Crippen molar-refractivity contribution in [3.8, 4) is 6.07 Å². The van der Waals surface area contributed by atoms with Gasteiger partial charge in [-0.2, -0.15) is 9.57 Å². The van der Waals surface area contributed by atoms with Crippen molar-refractivity contribution in [2.45, 2.75) is 11.8 Å². The normalized spacial score (nSPS) is 11.1. The van der Waals surface area contributed by atoms with E-state index in [1.807, 2.05) is 6.07 Å². The lowest BCUT2D eigenvalue weighted by molar-refractivity contribution is -0.143. The first kappa shape index (κ1) is 15.1. The number of benzene rings is 1. The molecular formula is C12H14N2O4S. The number of rotatable bonds is 5. The Bertz CT molecular complexity index is 587. The molecule has 7 heteroatoms. The Hall–Kier alpha value is -1.91. The van der Waals surface area contributed by atoms with E-state index >= 15 is 0 Å². The molecule has 0 heterocycles. The monoisotopic (exact) mass is 282 g/mol. The smallest absolute Gasteiger partial charge is 0.321 e. The number of sulfonamides is 1. The van der Waals surface area contributed by atoms with Gasteiger partial charge >= 0.3 is 5.97 Å². The van der Waals surface area contributed by atoms with Gasteiger partial charge in [0.15, 0.2) is 0 Å². The number of hydrogen-bond donors (Lipinski definition) is 0. The molecule has 0 bridgehead atoms. The SMILES string of the molecule is CCOC(=O)CN(C)S(=O)(=O)c1ccc(C#N)cc1. The summed E-state index contributed by atoms with van der Waals surface area (Å²) in [7, 11) is -2.46. The zero-order valence-corrected chi connectivity index (χ0v) is 11.5. The number of esters is 1. The van der Waals surface area contributed by atoms with E-state index in [1.165, 1.54) is 31.3 Å². The van der Waals surface area contributed by atoms with Gasteiger partial charge in [0.25, 0.3) is 0 Å². The van der Waals surface area contributed by atoms with E-state index in [9.17, 15) is 13.2 Å². The van der Waals surface area contributed by atoms with Crippen molar-refractivity contribution in [1.82, 2.24) is 4.31 Å². The van der Waals surface area contributed by atoms with Crippen molar-refractivity contribution >= 4 is 16.0 Å². The Morgan fingerprint density at radius 3 is 2.42 bits per heavy atom. The molecule has 1 aromatic rings. The third-order valence-corrected chi connectivity index (χ3v) is 4.17. The highest BCUT2D eigenvalue weighted by atomic mass is 32.2. The van der Waals surface area contributed by atoms with Gasteiger partial charge in [-0.15, -0.1) is 0 Å². The maximum Gasteiger partial charge on any atom is 0.321 e. The third kappa shape index (κ3) is 3.77. The molecule has 0 atom stereocenters. The van der Waals surface area contributed by atoms with Crippen LogP contribution in [0.5, 0.6) is 0 Å². The van der Waals surface area contributed by atoms with Crippen LogP contribution in [0.15, 0.2) is 29.2 Å². The molecule has 0 saturated heterocycles. The molecule has 0 spiro atoms. The highest BCUT2D eigenvalue weighted by molar-refractivity contribution is 7.89. The predicted octanol–water partition coefficient (Wildman–Crippen LogP) is 0.742.